The first-order valence-corrected chi connectivity index (χ1v) is 8.80. The molecule has 0 saturated carbocycles. The van der Waals surface area contributed by atoms with Crippen LogP contribution in [0.4, 0.5) is 5.69 Å². The van der Waals surface area contributed by atoms with Crippen molar-refractivity contribution in [3.63, 3.8) is 0 Å². The molecule has 0 radical (unpaired) electrons. The van der Waals surface area contributed by atoms with Gasteiger partial charge in [0.15, 0.2) is 0 Å². The Balaban J connectivity index is 1.64. The fraction of sp³-hybridized carbons (Fsp3) is 0.182. The van der Waals surface area contributed by atoms with Gasteiger partial charge in [-0.05, 0) is 61.4 Å². The fourth-order valence-electron chi connectivity index (χ4n) is 2.98. The van der Waals surface area contributed by atoms with E-state index in [0.29, 0.717) is 5.56 Å². The van der Waals surface area contributed by atoms with Gasteiger partial charge in [0.2, 0.25) is 5.91 Å². The monoisotopic (exact) mass is 361 g/mol. The van der Waals surface area contributed by atoms with E-state index in [-0.39, 0.29) is 18.4 Å². The summed E-state index contributed by atoms with van der Waals surface area (Å²) in [6, 6.07) is 17.1. The summed E-state index contributed by atoms with van der Waals surface area (Å²) in [5.74, 6) is -0.405. The summed E-state index contributed by atoms with van der Waals surface area (Å²) in [7, 11) is 1.63. The molecule has 27 heavy (non-hydrogen) atoms. The molecule has 0 aliphatic heterocycles. The maximum Gasteiger partial charge on any atom is 0.254 e. The van der Waals surface area contributed by atoms with E-state index in [9.17, 15) is 9.59 Å². The smallest absolute Gasteiger partial charge is 0.254 e. The molecule has 0 spiro atoms. The van der Waals surface area contributed by atoms with Crippen molar-refractivity contribution in [2.45, 2.75) is 13.8 Å². The topological polar surface area (TPSA) is 54.3 Å². The van der Waals surface area contributed by atoms with Crippen LogP contribution in [0, 0.1) is 13.8 Å². The third kappa shape index (κ3) is 4.26. The lowest BCUT2D eigenvalue weighted by Crippen LogP contribution is -2.35. The number of benzene rings is 2. The van der Waals surface area contributed by atoms with Crippen molar-refractivity contribution in [1.29, 1.82) is 0 Å². The second kappa shape index (κ2) is 7.91. The predicted molar refractivity (Wildman–Crippen MR) is 107 cm³/mol. The number of hydrogen-bond donors (Lipinski definition) is 1. The number of likely N-dealkylation sites (N-methyl/N-ethyl adjacent to an activating group) is 1. The molecule has 3 rings (SSSR count). The normalized spacial score (nSPS) is 10.5. The molecule has 0 fully saturated rings. The molecule has 0 saturated heterocycles. The molecule has 5 nitrogen and oxygen atoms in total. The van der Waals surface area contributed by atoms with Gasteiger partial charge in [-0.25, -0.2) is 0 Å². The number of aromatic nitrogens is 1. The van der Waals surface area contributed by atoms with Gasteiger partial charge in [-0.2, -0.15) is 0 Å². The van der Waals surface area contributed by atoms with Gasteiger partial charge >= 0.3 is 0 Å². The number of rotatable bonds is 5. The molecule has 3 aromatic rings. The Bertz CT molecular complexity index is 924. The molecule has 5 heteroatoms. The van der Waals surface area contributed by atoms with E-state index < -0.39 is 0 Å². The van der Waals surface area contributed by atoms with Crippen LogP contribution in [0.3, 0.4) is 0 Å². The van der Waals surface area contributed by atoms with Crippen molar-refractivity contribution in [3.8, 4) is 5.69 Å². The average Bonchev–Trinajstić information content (AvgIpc) is 3.19. The van der Waals surface area contributed by atoms with E-state index >= 15 is 0 Å². The van der Waals surface area contributed by atoms with Crippen LogP contribution in [0.25, 0.3) is 5.69 Å². The Hall–Kier alpha value is -3.34. The van der Waals surface area contributed by atoms with Gasteiger partial charge in [-0.3, -0.25) is 9.59 Å². The van der Waals surface area contributed by atoms with Crippen LogP contribution < -0.4 is 5.32 Å². The molecule has 0 bridgehead atoms. The molecule has 1 N–H and O–H groups in total. The van der Waals surface area contributed by atoms with Gasteiger partial charge in [-0.15, -0.1) is 0 Å². The van der Waals surface area contributed by atoms with Crippen molar-refractivity contribution in [2.24, 2.45) is 0 Å². The number of hydrogen-bond acceptors (Lipinski definition) is 2. The second-order valence-electron chi connectivity index (χ2n) is 6.61. The molecule has 1 aromatic heterocycles. The van der Waals surface area contributed by atoms with E-state index in [1.165, 1.54) is 4.90 Å². The first-order chi connectivity index (χ1) is 13.0. The van der Waals surface area contributed by atoms with E-state index in [1.54, 1.807) is 19.2 Å². The molecule has 2 aromatic carbocycles. The number of aryl methyl sites for hydroxylation is 2. The van der Waals surface area contributed by atoms with Gasteiger partial charge in [-0.1, -0.05) is 18.2 Å². The summed E-state index contributed by atoms with van der Waals surface area (Å²) in [5, 5.41) is 2.91. The van der Waals surface area contributed by atoms with Gasteiger partial charge in [0.05, 0.1) is 6.54 Å². The van der Waals surface area contributed by atoms with Crippen LogP contribution in [-0.4, -0.2) is 34.9 Å². The first kappa shape index (κ1) is 18.5. The predicted octanol–water partition coefficient (Wildman–Crippen LogP) is 3.80. The minimum atomic E-state index is -0.216. The van der Waals surface area contributed by atoms with Crippen molar-refractivity contribution >= 4 is 17.5 Å². The third-order valence-electron chi connectivity index (χ3n) is 4.49. The van der Waals surface area contributed by atoms with Gasteiger partial charge < -0.3 is 14.8 Å². The highest BCUT2D eigenvalue weighted by Crippen LogP contribution is 2.19. The molecular weight excluding hydrogens is 338 g/mol. The zero-order valence-corrected chi connectivity index (χ0v) is 15.8. The fourth-order valence-corrected chi connectivity index (χ4v) is 2.98. The van der Waals surface area contributed by atoms with E-state index in [2.05, 4.69) is 5.32 Å². The average molecular weight is 361 g/mol. The van der Waals surface area contributed by atoms with Crippen LogP contribution in [0.15, 0.2) is 67.0 Å². The van der Waals surface area contributed by atoms with Gasteiger partial charge in [0.1, 0.15) is 0 Å². The summed E-state index contributed by atoms with van der Waals surface area (Å²) >= 11 is 0. The lowest BCUT2D eigenvalue weighted by atomic mass is 10.1. The molecular formula is C22H23N3O2. The number of nitrogens with one attached hydrogen (secondary N) is 1. The summed E-state index contributed by atoms with van der Waals surface area (Å²) in [5.41, 5.74) is 4.33. The standard InChI is InChI=1S/C22H23N3O2/c1-16-7-6-8-17(2)21(16)23-20(26)15-24(3)22(27)18-9-11-19(12-10-18)25-13-4-5-14-25/h4-14H,15H2,1-3H3,(H,23,26). The van der Waals surface area contributed by atoms with Crippen LogP contribution in [0.2, 0.25) is 0 Å². The second-order valence-corrected chi connectivity index (χ2v) is 6.61. The summed E-state index contributed by atoms with van der Waals surface area (Å²) in [6.07, 6.45) is 3.89. The summed E-state index contributed by atoms with van der Waals surface area (Å²) < 4.78 is 1.97. The number of anilines is 1. The number of carbonyl (C=O) groups is 2. The Morgan fingerprint density at radius 2 is 1.52 bits per heavy atom. The maximum absolute atomic E-state index is 12.6. The Labute approximate surface area is 159 Å². The van der Waals surface area contributed by atoms with Crippen LogP contribution in [-0.2, 0) is 4.79 Å². The Kier molecular flexibility index (Phi) is 5.41. The molecule has 2 amide bonds. The minimum absolute atomic E-state index is 0.00798. The van der Waals surface area contributed by atoms with E-state index in [0.717, 1.165) is 22.5 Å². The van der Waals surface area contributed by atoms with Crippen LogP contribution in [0.1, 0.15) is 21.5 Å². The molecule has 138 valence electrons. The quantitative estimate of drug-likeness (QED) is 0.751. The number of para-hydroxylation sites is 1. The van der Waals surface area contributed by atoms with Crippen molar-refractivity contribution in [2.75, 3.05) is 18.9 Å². The van der Waals surface area contributed by atoms with Crippen LogP contribution >= 0.6 is 0 Å². The Morgan fingerprint density at radius 3 is 2.11 bits per heavy atom. The number of nitrogens with zero attached hydrogens (tertiary/aromatic N) is 2. The van der Waals surface area contributed by atoms with E-state index in [1.807, 2.05) is 73.3 Å². The highest BCUT2D eigenvalue weighted by atomic mass is 16.2. The highest BCUT2D eigenvalue weighted by Gasteiger charge is 2.16. The molecule has 0 unspecified atom stereocenters. The number of amides is 2. The third-order valence-corrected chi connectivity index (χ3v) is 4.49. The van der Waals surface area contributed by atoms with Crippen molar-refractivity contribution in [1.82, 2.24) is 9.47 Å². The lowest BCUT2D eigenvalue weighted by Gasteiger charge is -2.18. The van der Waals surface area contributed by atoms with Crippen molar-refractivity contribution in [3.05, 3.63) is 83.7 Å². The zero-order chi connectivity index (χ0) is 19.4. The minimum Gasteiger partial charge on any atom is -0.332 e. The summed E-state index contributed by atoms with van der Waals surface area (Å²) in [6.45, 7) is 3.89. The van der Waals surface area contributed by atoms with Crippen LogP contribution in [0.5, 0.6) is 0 Å². The largest absolute Gasteiger partial charge is 0.332 e. The molecule has 0 aliphatic carbocycles. The number of carbonyl (C=O) groups excluding carboxylic acids is 2. The van der Waals surface area contributed by atoms with E-state index in [4.69, 9.17) is 0 Å². The Morgan fingerprint density at radius 1 is 0.926 bits per heavy atom. The lowest BCUT2D eigenvalue weighted by molar-refractivity contribution is -0.116. The maximum atomic E-state index is 12.6. The molecule has 1 heterocycles. The zero-order valence-electron chi connectivity index (χ0n) is 15.8. The highest BCUT2D eigenvalue weighted by molar-refractivity contribution is 5.99. The molecule has 0 aliphatic rings. The van der Waals surface area contributed by atoms with Crippen molar-refractivity contribution < 1.29 is 9.59 Å². The summed E-state index contributed by atoms with van der Waals surface area (Å²) in [4.78, 5) is 26.4. The molecule has 0 atom stereocenters. The van der Waals surface area contributed by atoms with Gasteiger partial charge in [0, 0.05) is 36.4 Å². The first-order valence-electron chi connectivity index (χ1n) is 8.80. The van der Waals surface area contributed by atoms with Gasteiger partial charge in [0.25, 0.3) is 5.91 Å². The SMILES string of the molecule is Cc1cccc(C)c1NC(=O)CN(C)C(=O)c1ccc(-n2cccc2)cc1.